The Morgan fingerprint density at radius 2 is 1.63 bits per heavy atom. The van der Waals surface area contributed by atoms with Gasteiger partial charge in [0.1, 0.15) is 11.7 Å². The summed E-state index contributed by atoms with van der Waals surface area (Å²) in [5.74, 6) is -0.256. The van der Waals surface area contributed by atoms with Crippen molar-refractivity contribution < 1.29 is 18.8 Å². The van der Waals surface area contributed by atoms with E-state index in [1.807, 2.05) is 42.3 Å². The smallest absolute Gasteiger partial charge is 0.329 e. The van der Waals surface area contributed by atoms with E-state index < -0.39 is 17.8 Å². The number of nitrogens with one attached hydrogen (secondary N) is 1. The number of carbonyl (C=O) groups excluding carboxylic acids is 3. The first-order valence-corrected chi connectivity index (χ1v) is 24.3. The minimum atomic E-state index is -0.693. The van der Waals surface area contributed by atoms with Gasteiger partial charge in [0.05, 0.1) is 11.0 Å². The highest BCUT2D eigenvalue weighted by molar-refractivity contribution is 6.00. The molecule has 0 spiro atoms. The largest absolute Gasteiger partial charge is 0.381 e. The molecule has 3 N–H and O–H groups in total. The first kappa shape index (κ1) is 45.5. The number of aromatic nitrogens is 5. The number of amides is 3. The predicted octanol–water partition coefficient (Wildman–Crippen LogP) is 5.99. The summed E-state index contributed by atoms with van der Waals surface area (Å²) in [6, 6.07) is 19.8. The Morgan fingerprint density at radius 1 is 0.868 bits per heavy atom. The van der Waals surface area contributed by atoms with Gasteiger partial charge in [-0.1, -0.05) is 18.2 Å². The van der Waals surface area contributed by atoms with E-state index in [-0.39, 0.29) is 35.8 Å². The Kier molecular flexibility index (Phi) is 12.5. The van der Waals surface area contributed by atoms with E-state index in [1.54, 1.807) is 24.0 Å². The number of nitrogen functional groups attached to an aromatic ring is 1. The van der Waals surface area contributed by atoms with Crippen molar-refractivity contribution in [2.24, 2.45) is 20.0 Å². The molecule has 3 amide bonds. The van der Waals surface area contributed by atoms with E-state index in [9.17, 15) is 23.6 Å². The molecule has 0 saturated carbocycles. The molecule has 4 aliphatic heterocycles. The normalized spacial score (nSPS) is 21.2. The third-order valence-electron chi connectivity index (χ3n) is 15.6. The molecule has 1 unspecified atom stereocenters. The number of aryl methyl sites for hydroxylation is 2. The monoisotopic (exact) mass is 923 g/mol. The van der Waals surface area contributed by atoms with Crippen molar-refractivity contribution in [2.45, 2.75) is 83.0 Å². The lowest BCUT2D eigenvalue weighted by molar-refractivity contribution is -0.135. The van der Waals surface area contributed by atoms with Crippen LogP contribution in [0.1, 0.15) is 97.6 Å². The minimum Gasteiger partial charge on any atom is -0.381 e. The number of piperazine rings is 1. The fourth-order valence-corrected chi connectivity index (χ4v) is 11.5. The second-order valence-corrected chi connectivity index (χ2v) is 19.7. The van der Waals surface area contributed by atoms with Gasteiger partial charge in [-0.25, -0.2) is 19.2 Å². The number of likely N-dealkylation sites (tertiary alicyclic amines) is 2. The molecule has 8 heterocycles. The van der Waals surface area contributed by atoms with Gasteiger partial charge in [-0.15, -0.1) is 0 Å². The number of hydrogen-bond acceptors (Lipinski definition) is 10. The molecule has 4 aliphatic rings. The zero-order chi connectivity index (χ0) is 47.4. The van der Waals surface area contributed by atoms with Crippen LogP contribution in [0.4, 0.5) is 10.2 Å². The number of hydrogen-bond donors (Lipinski definition) is 2. The third-order valence-corrected chi connectivity index (χ3v) is 15.6. The Labute approximate surface area is 395 Å². The lowest BCUT2D eigenvalue weighted by Crippen LogP contribution is -2.53. The number of imidazole rings is 1. The number of rotatable bonds is 10. The molecule has 6 aromatic rings. The third kappa shape index (κ3) is 8.73. The minimum absolute atomic E-state index is 0.110. The molecule has 0 radical (unpaired) electrons. The summed E-state index contributed by atoms with van der Waals surface area (Å²) in [6.07, 6.45) is 7.97. The second-order valence-electron chi connectivity index (χ2n) is 19.7. The lowest BCUT2D eigenvalue weighted by atomic mass is 9.88. The van der Waals surface area contributed by atoms with Crippen LogP contribution in [0.25, 0.3) is 33.2 Å². The van der Waals surface area contributed by atoms with Gasteiger partial charge in [0.2, 0.25) is 11.8 Å². The molecule has 2 aromatic carbocycles. The van der Waals surface area contributed by atoms with Crippen molar-refractivity contribution in [1.82, 2.24) is 48.6 Å². The fourth-order valence-electron chi connectivity index (χ4n) is 11.5. The number of pyridine rings is 2. The van der Waals surface area contributed by atoms with Gasteiger partial charge in [-0.3, -0.25) is 43.5 Å². The van der Waals surface area contributed by atoms with Crippen LogP contribution >= 0.6 is 0 Å². The summed E-state index contributed by atoms with van der Waals surface area (Å²) in [6.45, 7) is 12.7. The van der Waals surface area contributed by atoms with E-state index >= 15 is 0 Å². The first-order valence-electron chi connectivity index (χ1n) is 24.3. The Balaban J connectivity index is 0.681. The fraction of sp³-hybridized carbons (Fsp3) is 0.462. The quantitative estimate of drug-likeness (QED) is 0.157. The zero-order valence-corrected chi connectivity index (χ0v) is 39.5. The zero-order valence-electron chi connectivity index (χ0n) is 39.5. The van der Waals surface area contributed by atoms with Crippen molar-refractivity contribution in [1.29, 1.82) is 0 Å². The van der Waals surface area contributed by atoms with E-state index in [2.05, 4.69) is 72.7 Å². The predicted molar refractivity (Wildman–Crippen MR) is 260 cm³/mol. The molecular formula is C52H62FN11O4. The maximum Gasteiger partial charge on any atom is 0.329 e. The number of imide groups is 1. The van der Waals surface area contributed by atoms with Gasteiger partial charge in [-0.2, -0.15) is 0 Å². The van der Waals surface area contributed by atoms with Crippen LogP contribution in [0, 0.1) is 11.7 Å². The lowest BCUT2D eigenvalue weighted by Gasteiger charge is -2.42. The molecule has 68 heavy (non-hydrogen) atoms. The van der Waals surface area contributed by atoms with Crippen LogP contribution in [0.3, 0.4) is 0 Å². The van der Waals surface area contributed by atoms with Gasteiger partial charge in [-0.05, 0) is 130 Å². The van der Waals surface area contributed by atoms with Gasteiger partial charge in [0.15, 0.2) is 11.6 Å². The van der Waals surface area contributed by atoms with Crippen LogP contribution in [0.5, 0.6) is 0 Å². The molecule has 4 saturated heterocycles. The molecule has 0 bridgehead atoms. The number of benzene rings is 2. The number of nitrogens with zero attached hydrogens (tertiary/aromatic N) is 9. The SMILES string of the molecule is C[C@H]1CN(Cc2ccc3c(c2)n(C)c(=O)n3C2CCC(=O)NC2=O)CCN1CC1CCN(C(=O)c2ccc(C3CCN([C@@H](C)c4cc5c(-c6cnc(N)c(F)c6)ccnc5n4C)CC3)cc2)CC1. The second kappa shape index (κ2) is 18.7. The summed E-state index contributed by atoms with van der Waals surface area (Å²) in [7, 11) is 3.78. The highest BCUT2D eigenvalue weighted by Crippen LogP contribution is 2.37. The number of carbonyl (C=O) groups is 3. The summed E-state index contributed by atoms with van der Waals surface area (Å²) in [5.41, 5.74) is 13.6. The first-order chi connectivity index (χ1) is 32.8. The molecule has 4 aromatic heterocycles. The van der Waals surface area contributed by atoms with E-state index in [1.165, 1.54) is 16.2 Å². The number of anilines is 1. The maximum atomic E-state index is 14.4. The highest BCUT2D eigenvalue weighted by Gasteiger charge is 2.33. The average Bonchev–Trinajstić information content (AvgIpc) is 3.81. The average molecular weight is 924 g/mol. The van der Waals surface area contributed by atoms with Gasteiger partial charge >= 0.3 is 5.69 Å². The van der Waals surface area contributed by atoms with E-state index in [0.717, 1.165) is 124 Å². The van der Waals surface area contributed by atoms with Crippen molar-refractivity contribution in [3.63, 3.8) is 0 Å². The van der Waals surface area contributed by atoms with Crippen LogP contribution in [-0.4, -0.2) is 119 Å². The molecule has 10 rings (SSSR count). The summed E-state index contributed by atoms with van der Waals surface area (Å²) in [5, 5.41) is 3.34. The topological polar surface area (TPSA) is 160 Å². The number of nitrogens with two attached hydrogens (primary N) is 1. The van der Waals surface area contributed by atoms with Crippen molar-refractivity contribution >= 4 is 45.6 Å². The van der Waals surface area contributed by atoms with Crippen LogP contribution in [0.15, 0.2) is 77.9 Å². The number of piperidine rings is 3. The molecular weight excluding hydrogens is 862 g/mol. The number of halogens is 1. The van der Waals surface area contributed by atoms with Gasteiger partial charge in [0, 0.05) is 113 Å². The molecule has 356 valence electrons. The summed E-state index contributed by atoms with van der Waals surface area (Å²) >= 11 is 0. The van der Waals surface area contributed by atoms with Crippen LogP contribution in [-0.2, 0) is 30.2 Å². The Morgan fingerprint density at radius 3 is 2.35 bits per heavy atom. The molecule has 4 fully saturated rings. The van der Waals surface area contributed by atoms with Crippen LogP contribution < -0.4 is 16.7 Å². The Hall–Kier alpha value is -6.23. The maximum absolute atomic E-state index is 14.4. The molecule has 3 atom stereocenters. The Bertz CT molecular complexity index is 2940. The standard InChI is InChI=1S/C52H62FN11O4/c1-32-29-60(30-35-5-10-43-46(25-35)59(4)52(68)64(43)44-11-12-47(65)57-50(44)66)23-24-63(32)31-34-14-19-62(20-15-34)51(67)38-8-6-36(7-9-38)37-16-21-61(22-17-37)33(2)45-27-41-40(13-18-55-49(41)58(45)3)39-26-42(53)48(54)56-28-39/h5-10,13,18,25-28,32-34,37,44H,11-12,14-17,19-24,29-31H2,1-4H3,(H2,54,56)(H,57,65,66)/t32-,33-,44?/m0/s1. The van der Waals surface area contributed by atoms with Crippen molar-refractivity contribution in [3.05, 3.63) is 112 Å². The number of fused-ring (bicyclic) bond motifs is 2. The van der Waals surface area contributed by atoms with E-state index in [4.69, 9.17) is 5.73 Å². The van der Waals surface area contributed by atoms with Crippen LogP contribution in [0.2, 0.25) is 0 Å². The highest BCUT2D eigenvalue weighted by atomic mass is 19.1. The molecule has 16 heteroatoms. The van der Waals surface area contributed by atoms with Gasteiger partial charge < -0.3 is 15.2 Å². The van der Waals surface area contributed by atoms with E-state index in [0.29, 0.717) is 35.4 Å². The van der Waals surface area contributed by atoms with Crippen molar-refractivity contribution in [3.8, 4) is 11.1 Å². The van der Waals surface area contributed by atoms with Gasteiger partial charge in [0.25, 0.3) is 5.91 Å². The molecule has 0 aliphatic carbocycles. The molecule has 15 nitrogen and oxygen atoms in total. The summed E-state index contributed by atoms with van der Waals surface area (Å²) in [4.78, 5) is 69.7. The van der Waals surface area contributed by atoms with Crippen molar-refractivity contribution in [2.75, 3.05) is 58.1 Å². The summed E-state index contributed by atoms with van der Waals surface area (Å²) < 4.78 is 19.6.